The normalized spacial score (nSPS) is 14.9. The molecule has 1 fully saturated rings. The molecular formula is C27H34N4O3S. The minimum absolute atomic E-state index is 0.232. The summed E-state index contributed by atoms with van der Waals surface area (Å²) in [6.45, 7) is 0. The predicted octanol–water partition coefficient (Wildman–Crippen LogP) is 5.22. The lowest BCUT2D eigenvalue weighted by atomic mass is 9.91. The number of benzene rings is 2. The van der Waals surface area contributed by atoms with Crippen LogP contribution in [0, 0.1) is 5.92 Å². The van der Waals surface area contributed by atoms with Crippen LogP contribution >= 0.6 is 11.8 Å². The first-order valence-electron chi connectivity index (χ1n) is 12.2. The fourth-order valence-corrected chi connectivity index (χ4v) is 5.68. The number of rotatable bonds is 10. The Balaban J connectivity index is 1.55. The van der Waals surface area contributed by atoms with E-state index in [0.29, 0.717) is 23.5 Å². The first-order chi connectivity index (χ1) is 17.1. The highest BCUT2D eigenvalue weighted by molar-refractivity contribution is 7.99. The van der Waals surface area contributed by atoms with Crippen molar-refractivity contribution >= 4 is 17.7 Å². The van der Waals surface area contributed by atoms with E-state index in [0.717, 1.165) is 28.2 Å². The maximum atomic E-state index is 13.4. The van der Waals surface area contributed by atoms with Crippen LogP contribution < -0.4 is 14.8 Å². The molecule has 1 N–H and O–H groups in total. The van der Waals surface area contributed by atoms with Crippen LogP contribution in [-0.2, 0) is 13.5 Å². The van der Waals surface area contributed by atoms with Gasteiger partial charge in [0, 0.05) is 18.9 Å². The second-order valence-corrected chi connectivity index (χ2v) is 9.98. The van der Waals surface area contributed by atoms with Crippen LogP contribution in [0.1, 0.15) is 59.9 Å². The standard InChI is InChI=1S/C27H34N4O3S/c1-31-25(29-30-27(31)35-18-20-12-8-5-9-13-20)23(16-19-10-6-4-7-11-19)28-26(32)22-15-14-21(33-2)17-24(22)34-3/h4,6-7,10-11,14-15,17,20,23H,5,8-9,12-13,16,18H2,1-3H3,(H,28,32)/t23-/m1/s1. The Morgan fingerprint density at radius 2 is 1.86 bits per heavy atom. The van der Waals surface area contributed by atoms with Crippen molar-refractivity contribution < 1.29 is 14.3 Å². The van der Waals surface area contributed by atoms with Gasteiger partial charge < -0.3 is 19.4 Å². The Kier molecular flexibility index (Phi) is 8.69. The highest BCUT2D eigenvalue weighted by Gasteiger charge is 2.25. The molecular weight excluding hydrogens is 460 g/mol. The van der Waals surface area contributed by atoms with Crippen molar-refractivity contribution in [2.75, 3.05) is 20.0 Å². The molecule has 186 valence electrons. The summed E-state index contributed by atoms with van der Waals surface area (Å²) in [6.07, 6.45) is 7.21. The number of hydrogen-bond donors (Lipinski definition) is 1. The molecule has 1 aliphatic rings. The number of amides is 1. The molecule has 2 aromatic carbocycles. The number of nitrogens with one attached hydrogen (secondary N) is 1. The van der Waals surface area contributed by atoms with Crippen LogP contribution in [0.3, 0.4) is 0 Å². The minimum Gasteiger partial charge on any atom is -0.497 e. The van der Waals surface area contributed by atoms with Gasteiger partial charge in [0.05, 0.1) is 25.8 Å². The number of hydrogen-bond acceptors (Lipinski definition) is 6. The first-order valence-corrected chi connectivity index (χ1v) is 13.2. The Morgan fingerprint density at radius 3 is 2.57 bits per heavy atom. The van der Waals surface area contributed by atoms with E-state index in [1.54, 1.807) is 44.2 Å². The largest absolute Gasteiger partial charge is 0.497 e. The average molecular weight is 495 g/mol. The molecule has 0 spiro atoms. The van der Waals surface area contributed by atoms with Crippen molar-refractivity contribution in [1.82, 2.24) is 20.1 Å². The Hall–Kier alpha value is -3.00. The third-order valence-electron chi connectivity index (χ3n) is 6.59. The molecule has 8 heteroatoms. The van der Waals surface area contributed by atoms with Gasteiger partial charge in [0.1, 0.15) is 11.5 Å². The van der Waals surface area contributed by atoms with E-state index in [9.17, 15) is 4.79 Å². The zero-order chi connectivity index (χ0) is 24.6. The van der Waals surface area contributed by atoms with Gasteiger partial charge in [-0.25, -0.2) is 0 Å². The molecule has 0 unspecified atom stereocenters. The smallest absolute Gasteiger partial charge is 0.255 e. The molecule has 1 atom stereocenters. The number of thioether (sulfide) groups is 1. The predicted molar refractivity (Wildman–Crippen MR) is 138 cm³/mol. The van der Waals surface area contributed by atoms with Gasteiger partial charge in [-0.3, -0.25) is 4.79 Å². The topological polar surface area (TPSA) is 78.3 Å². The van der Waals surface area contributed by atoms with Crippen molar-refractivity contribution in [3.8, 4) is 11.5 Å². The molecule has 0 bridgehead atoms. The fraction of sp³-hybridized carbons (Fsp3) is 0.444. The summed E-state index contributed by atoms with van der Waals surface area (Å²) in [6, 6.07) is 14.9. The average Bonchev–Trinajstić information content (AvgIpc) is 3.27. The van der Waals surface area contributed by atoms with Gasteiger partial charge in [-0.2, -0.15) is 0 Å². The van der Waals surface area contributed by atoms with Crippen LogP contribution in [0.2, 0.25) is 0 Å². The maximum absolute atomic E-state index is 13.4. The minimum atomic E-state index is -0.349. The van der Waals surface area contributed by atoms with Crippen molar-refractivity contribution in [1.29, 1.82) is 0 Å². The summed E-state index contributed by atoms with van der Waals surface area (Å²) in [5.41, 5.74) is 1.55. The van der Waals surface area contributed by atoms with E-state index in [2.05, 4.69) is 27.6 Å². The van der Waals surface area contributed by atoms with Crippen LogP contribution in [0.4, 0.5) is 0 Å². The molecule has 0 saturated heterocycles. The van der Waals surface area contributed by atoms with E-state index in [4.69, 9.17) is 9.47 Å². The van der Waals surface area contributed by atoms with Gasteiger partial charge >= 0.3 is 0 Å². The van der Waals surface area contributed by atoms with Gasteiger partial charge in [-0.1, -0.05) is 61.4 Å². The number of nitrogens with zero attached hydrogens (tertiary/aromatic N) is 3. The SMILES string of the molecule is COc1ccc(C(=O)N[C@H](Cc2ccccc2)c2nnc(SCC3CCCCC3)n2C)c(OC)c1. The molecule has 0 aliphatic heterocycles. The molecule has 3 aromatic rings. The lowest BCUT2D eigenvalue weighted by molar-refractivity contribution is 0.0931. The second kappa shape index (κ2) is 12.1. The van der Waals surface area contributed by atoms with E-state index in [1.807, 2.05) is 29.8 Å². The molecule has 35 heavy (non-hydrogen) atoms. The monoisotopic (exact) mass is 494 g/mol. The van der Waals surface area contributed by atoms with Gasteiger partial charge in [0.2, 0.25) is 0 Å². The molecule has 1 amide bonds. The molecule has 0 radical (unpaired) electrons. The molecule has 1 aromatic heterocycles. The summed E-state index contributed by atoms with van der Waals surface area (Å²) in [5, 5.41) is 13.1. The molecule has 7 nitrogen and oxygen atoms in total. The number of ether oxygens (including phenoxy) is 2. The van der Waals surface area contributed by atoms with Gasteiger partial charge in [0.25, 0.3) is 5.91 Å². The third-order valence-corrected chi connectivity index (χ3v) is 7.85. The number of methoxy groups -OCH3 is 2. The van der Waals surface area contributed by atoms with Crippen molar-refractivity contribution in [3.05, 3.63) is 65.5 Å². The summed E-state index contributed by atoms with van der Waals surface area (Å²) in [5.74, 6) is 3.40. The van der Waals surface area contributed by atoms with Crippen LogP contribution in [0.15, 0.2) is 53.7 Å². The van der Waals surface area contributed by atoms with Crippen LogP contribution in [0.5, 0.6) is 11.5 Å². The van der Waals surface area contributed by atoms with Gasteiger partial charge in [-0.05, 0) is 42.9 Å². The molecule has 1 saturated carbocycles. The zero-order valence-corrected chi connectivity index (χ0v) is 21.5. The van der Waals surface area contributed by atoms with E-state index < -0.39 is 0 Å². The number of carbonyl (C=O) groups is 1. The van der Waals surface area contributed by atoms with E-state index in [1.165, 1.54) is 32.1 Å². The number of aromatic nitrogens is 3. The first kappa shape index (κ1) is 25.1. The summed E-state index contributed by atoms with van der Waals surface area (Å²) in [4.78, 5) is 13.4. The summed E-state index contributed by atoms with van der Waals surface area (Å²) in [7, 11) is 5.12. The molecule has 1 heterocycles. The second-order valence-electron chi connectivity index (χ2n) is 9.00. The summed E-state index contributed by atoms with van der Waals surface area (Å²) < 4.78 is 12.7. The number of carbonyl (C=O) groups excluding carboxylic acids is 1. The van der Waals surface area contributed by atoms with Crippen molar-refractivity contribution in [3.63, 3.8) is 0 Å². The van der Waals surface area contributed by atoms with Crippen LogP contribution in [-0.4, -0.2) is 40.6 Å². The Morgan fingerprint density at radius 1 is 1.09 bits per heavy atom. The quantitative estimate of drug-likeness (QED) is 0.390. The highest BCUT2D eigenvalue weighted by Crippen LogP contribution is 2.31. The highest BCUT2D eigenvalue weighted by atomic mass is 32.2. The third kappa shape index (κ3) is 6.36. The van der Waals surface area contributed by atoms with Crippen LogP contribution in [0.25, 0.3) is 0 Å². The Bertz CT molecular complexity index is 1110. The van der Waals surface area contributed by atoms with Gasteiger partial charge in [-0.15, -0.1) is 10.2 Å². The van der Waals surface area contributed by atoms with Crippen molar-refractivity contribution in [2.45, 2.75) is 49.7 Å². The van der Waals surface area contributed by atoms with E-state index in [-0.39, 0.29) is 11.9 Å². The molecule has 1 aliphatic carbocycles. The Labute approximate surface area is 211 Å². The van der Waals surface area contributed by atoms with Crippen molar-refractivity contribution in [2.24, 2.45) is 13.0 Å². The lowest BCUT2D eigenvalue weighted by Gasteiger charge is -2.21. The maximum Gasteiger partial charge on any atom is 0.255 e. The lowest BCUT2D eigenvalue weighted by Crippen LogP contribution is -2.32. The molecule has 4 rings (SSSR count). The van der Waals surface area contributed by atoms with Gasteiger partial charge in [0.15, 0.2) is 11.0 Å². The zero-order valence-electron chi connectivity index (χ0n) is 20.7. The van der Waals surface area contributed by atoms with E-state index >= 15 is 0 Å². The summed E-state index contributed by atoms with van der Waals surface area (Å²) >= 11 is 1.77. The fourth-order valence-electron chi connectivity index (χ4n) is 4.58.